The number of aryl methyl sites for hydroxylation is 1. The van der Waals surface area contributed by atoms with Crippen LogP contribution in [0.1, 0.15) is 19.0 Å². The van der Waals surface area contributed by atoms with Crippen molar-refractivity contribution in [3.05, 3.63) is 33.3 Å². The molecule has 19 heavy (non-hydrogen) atoms. The van der Waals surface area contributed by atoms with Crippen LogP contribution in [0.2, 0.25) is 0 Å². The summed E-state index contributed by atoms with van der Waals surface area (Å²) in [6.07, 6.45) is 0.938. The summed E-state index contributed by atoms with van der Waals surface area (Å²) in [4.78, 5) is 19.9. The SMILES string of the molecule is CCCNc1nc(C)c([N+](=O)[O-])c(-c2cccs2)n1. The van der Waals surface area contributed by atoms with Crippen LogP contribution in [0, 0.1) is 17.0 Å². The Labute approximate surface area is 114 Å². The van der Waals surface area contributed by atoms with Crippen LogP contribution in [-0.4, -0.2) is 21.4 Å². The van der Waals surface area contributed by atoms with Gasteiger partial charge in [0, 0.05) is 6.54 Å². The van der Waals surface area contributed by atoms with Gasteiger partial charge in [-0.3, -0.25) is 10.1 Å². The highest BCUT2D eigenvalue weighted by molar-refractivity contribution is 7.13. The van der Waals surface area contributed by atoms with Crippen molar-refractivity contribution in [1.82, 2.24) is 9.97 Å². The third kappa shape index (κ3) is 2.87. The number of hydrogen-bond donors (Lipinski definition) is 1. The van der Waals surface area contributed by atoms with Crippen molar-refractivity contribution in [3.63, 3.8) is 0 Å². The van der Waals surface area contributed by atoms with E-state index in [4.69, 9.17) is 0 Å². The summed E-state index contributed by atoms with van der Waals surface area (Å²) >= 11 is 1.43. The third-order valence-corrected chi connectivity index (χ3v) is 3.41. The molecule has 0 spiro atoms. The first-order chi connectivity index (χ1) is 9.13. The van der Waals surface area contributed by atoms with E-state index < -0.39 is 4.92 Å². The van der Waals surface area contributed by atoms with Gasteiger partial charge in [0.05, 0.1) is 9.80 Å². The Balaban J connectivity index is 2.53. The van der Waals surface area contributed by atoms with Gasteiger partial charge >= 0.3 is 5.69 Å². The number of thiophene rings is 1. The minimum atomic E-state index is -0.423. The molecule has 0 aliphatic heterocycles. The monoisotopic (exact) mass is 278 g/mol. The van der Waals surface area contributed by atoms with E-state index in [0.29, 0.717) is 17.3 Å². The first-order valence-electron chi connectivity index (χ1n) is 5.94. The molecule has 0 aromatic carbocycles. The minimum Gasteiger partial charge on any atom is -0.354 e. The fourth-order valence-electron chi connectivity index (χ4n) is 1.69. The largest absolute Gasteiger partial charge is 0.354 e. The summed E-state index contributed by atoms with van der Waals surface area (Å²) in [6, 6.07) is 3.67. The van der Waals surface area contributed by atoms with E-state index in [0.717, 1.165) is 17.8 Å². The molecule has 0 aliphatic rings. The molecular formula is C12H14N4O2S. The van der Waals surface area contributed by atoms with E-state index in [1.54, 1.807) is 6.92 Å². The molecule has 2 heterocycles. The van der Waals surface area contributed by atoms with Gasteiger partial charge in [0.1, 0.15) is 5.69 Å². The molecule has 0 unspecified atom stereocenters. The summed E-state index contributed by atoms with van der Waals surface area (Å²) in [6.45, 7) is 4.40. The Kier molecular flexibility index (Phi) is 4.06. The average Bonchev–Trinajstić information content (AvgIpc) is 2.88. The van der Waals surface area contributed by atoms with Crippen LogP contribution in [0.15, 0.2) is 17.5 Å². The zero-order chi connectivity index (χ0) is 13.8. The van der Waals surface area contributed by atoms with E-state index in [1.807, 2.05) is 24.4 Å². The van der Waals surface area contributed by atoms with E-state index in [1.165, 1.54) is 11.3 Å². The van der Waals surface area contributed by atoms with Crippen molar-refractivity contribution in [2.75, 3.05) is 11.9 Å². The number of nitro groups is 1. The zero-order valence-electron chi connectivity index (χ0n) is 10.7. The van der Waals surface area contributed by atoms with Crippen molar-refractivity contribution in [2.45, 2.75) is 20.3 Å². The minimum absolute atomic E-state index is 0.0236. The van der Waals surface area contributed by atoms with Crippen LogP contribution in [0.5, 0.6) is 0 Å². The molecule has 2 rings (SSSR count). The highest BCUT2D eigenvalue weighted by atomic mass is 32.1. The molecule has 0 amide bonds. The molecule has 0 aliphatic carbocycles. The first kappa shape index (κ1) is 13.4. The lowest BCUT2D eigenvalue weighted by Crippen LogP contribution is -2.08. The summed E-state index contributed by atoms with van der Waals surface area (Å²) in [5.41, 5.74) is 0.734. The fourth-order valence-corrected chi connectivity index (χ4v) is 2.40. The molecule has 0 atom stereocenters. The smallest absolute Gasteiger partial charge is 0.317 e. The maximum absolute atomic E-state index is 11.2. The van der Waals surface area contributed by atoms with Crippen LogP contribution in [0.4, 0.5) is 11.6 Å². The van der Waals surface area contributed by atoms with Crippen molar-refractivity contribution in [3.8, 4) is 10.6 Å². The summed E-state index contributed by atoms with van der Waals surface area (Å²) < 4.78 is 0. The Morgan fingerprint density at radius 3 is 2.84 bits per heavy atom. The number of anilines is 1. The maximum atomic E-state index is 11.2. The van der Waals surface area contributed by atoms with Crippen molar-refractivity contribution in [2.24, 2.45) is 0 Å². The quantitative estimate of drug-likeness (QED) is 0.670. The van der Waals surface area contributed by atoms with E-state index >= 15 is 0 Å². The standard InChI is InChI=1S/C12H14N4O2S/c1-3-6-13-12-14-8(2)11(16(17)18)10(15-12)9-5-4-7-19-9/h4-5,7H,3,6H2,1-2H3,(H,13,14,15). The second kappa shape index (κ2) is 5.75. The fraction of sp³-hybridized carbons (Fsp3) is 0.333. The van der Waals surface area contributed by atoms with Gasteiger partial charge in [0.2, 0.25) is 5.95 Å². The second-order valence-corrected chi connectivity index (χ2v) is 4.94. The number of nitrogens with zero attached hydrogens (tertiary/aromatic N) is 3. The van der Waals surface area contributed by atoms with Crippen LogP contribution in [0.25, 0.3) is 10.6 Å². The molecular weight excluding hydrogens is 264 g/mol. The topological polar surface area (TPSA) is 81.0 Å². The Morgan fingerprint density at radius 1 is 1.47 bits per heavy atom. The van der Waals surface area contributed by atoms with Gasteiger partial charge < -0.3 is 5.32 Å². The second-order valence-electron chi connectivity index (χ2n) is 3.99. The molecule has 0 fully saturated rings. The van der Waals surface area contributed by atoms with Gasteiger partial charge in [-0.25, -0.2) is 9.97 Å². The van der Waals surface area contributed by atoms with E-state index in [9.17, 15) is 10.1 Å². The van der Waals surface area contributed by atoms with Gasteiger partial charge in [0.25, 0.3) is 0 Å². The molecule has 100 valence electrons. The van der Waals surface area contributed by atoms with E-state index in [-0.39, 0.29) is 5.69 Å². The predicted octanol–water partition coefficient (Wildman–Crippen LogP) is 3.24. The lowest BCUT2D eigenvalue weighted by atomic mass is 10.2. The first-order valence-corrected chi connectivity index (χ1v) is 6.82. The number of hydrogen-bond acceptors (Lipinski definition) is 6. The Hall–Kier alpha value is -2.02. The maximum Gasteiger partial charge on any atom is 0.317 e. The summed E-state index contributed by atoms with van der Waals surface area (Å²) in [5, 5.41) is 16.1. The highest BCUT2D eigenvalue weighted by Crippen LogP contribution is 2.33. The van der Waals surface area contributed by atoms with Crippen molar-refractivity contribution < 1.29 is 4.92 Å². The molecule has 0 bridgehead atoms. The molecule has 0 radical (unpaired) electrons. The van der Waals surface area contributed by atoms with Crippen molar-refractivity contribution in [1.29, 1.82) is 0 Å². The van der Waals surface area contributed by atoms with Crippen LogP contribution in [-0.2, 0) is 0 Å². The van der Waals surface area contributed by atoms with E-state index in [2.05, 4.69) is 15.3 Å². The van der Waals surface area contributed by atoms with Gasteiger partial charge in [-0.15, -0.1) is 11.3 Å². The molecule has 2 aromatic rings. The average molecular weight is 278 g/mol. The molecule has 0 saturated carbocycles. The molecule has 0 saturated heterocycles. The molecule has 1 N–H and O–H groups in total. The van der Waals surface area contributed by atoms with Gasteiger partial charge in [-0.2, -0.15) is 0 Å². The highest BCUT2D eigenvalue weighted by Gasteiger charge is 2.23. The van der Waals surface area contributed by atoms with Gasteiger partial charge in [-0.05, 0) is 24.8 Å². The number of rotatable bonds is 5. The lowest BCUT2D eigenvalue weighted by molar-refractivity contribution is -0.385. The van der Waals surface area contributed by atoms with Crippen molar-refractivity contribution >= 4 is 23.0 Å². The predicted molar refractivity (Wildman–Crippen MR) is 75.5 cm³/mol. The van der Waals surface area contributed by atoms with Gasteiger partial charge in [0.15, 0.2) is 5.69 Å². The Bertz CT molecular complexity index is 584. The molecule has 7 heteroatoms. The van der Waals surface area contributed by atoms with Gasteiger partial charge in [-0.1, -0.05) is 13.0 Å². The third-order valence-electron chi connectivity index (χ3n) is 2.53. The number of aromatic nitrogens is 2. The Morgan fingerprint density at radius 2 is 2.26 bits per heavy atom. The summed E-state index contributed by atoms with van der Waals surface area (Å²) in [5.74, 6) is 0.438. The molecule has 6 nitrogen and oxygen atoms in total. The normalized spacial score (nSPS) is 10.4. The zero-order valence-corrected chi connectivity index (χ0v) is 11.5. The lowest BCUT2D eigenvalue weighted by Gasteiger charge is -2.07. The summed E-state index contributed by atoms with van der Waals surface area (Å²) in [7, 11) is 0. The van der Waals surface area contributed by atoms with Crippen LogP contribution in [0.3, 0.4) is 0 Å². The van der Waals surface area contributed by atoms with Crippen LogP contribution >= 0.6 is 11.3 Å². The molecule has 2 aromatic heterocycles. The van der Waals surface area contributed by atoms with Crippen LogP contribution < -0.4 is 5.32 Å². The number of nitrogens with one attached hydrogen (secondary N) is 1.